The van der Waals surface area contributed by atoms with Gasteiger partial charge in [-0.3, -0.25) is 0 Å². The van der Waals surface area contributed by atoms with Crippen LogP contribution in [-0.4, -0.2) is 30.0 Å². The average Bonchev–Trinajstić information content (AvgIpc) is 3.33. The molecule has 5 aromatic rings. The van der Waals surface area contributed by atoms with E-state index in [9.17, 15) is 0 Å². The Bertz CT molecular complexity index is 1170. The molecular weight excluding hydrogens is 336 g/mol. The van der Waals surface area contributed by atoms with Gasteiger partial charge in [0.05, 0.1) is 11.0 Å². The van der Waals surface area contributed by atoms with Gasteiger partial charge in [-0.15, -0.1) is 10.2 Å². The highest BCUT2D eigenvalue weighted by molar-refractivity contribution is 5.76. The van der Waals surface area contributed by atoms with Crippen molar-refractivity contribution in [1.29, 1.82) is 0 Å². The summed E-state index contributed by atoms with van der Waals surface area (Å²) in [6.07, 6.45) is 0. The maximum atomic E-state index is 4.51. The van der Waals surface area contributed by atoms with Gasteiger partial charge in [0.25, 0.3) is 0 Å². The molecule has 0 bridgehead atoms. The van der Waals surface area contributed by atoms with E-state index in [1.54, 1.807) is 0 Å². The van der Waals surface area contributed by atoms with Crippen molar-refractivity contribution in [3.63, 3.8) is 0 Å². The summed E-state index contributed by atoms with van der Waals surface area (Å²) in [5, 5.41) is 17.8. The van der Waals surface area contributed by atoms with E-state index in [1.807, 2.05) is 57.9 Å². The third kappa shape index (κ3) is 2.26. The second kappa shape index (κ2) is 5.74. The molecule has 0 aliphatic heterocycles. The number of aryl methyl sites for hydroxylation is 1. The fraction of sp³-hybridized carbons (Fsp3) is 0.143. The first-order valence-electron chi connectivity index (χ1n) is 8.87. The molecule has 27 heavy (non-hydrogen) atoms. The first kappa shape index (κ1) is 15.7. The Morgan fingerprint density at radius 2 is 1.15 bits per heavy atom. The second-order valence-corrected chi connectivity index (χ2v) is 6.87. The van der Waals surface area contributed by atoms with Crippen molar-refractivity contribution in [2.45, 2.75) is 19.5 Å². The Labute approximate surface area is 156 Å². The minimum Gasteiger partial charge on any atom is -0.213 e. The highest BCUT2D eigenvalue weighted by atomic mass is 15.6. The van der Waals surface area contributed by atoms with Crippen LogP contribution in [0.15, 0.2) is 72.8 Å². The number of hydrogen-bond acceptors (Lipinski definition) is 4. The number of hydrogen-bond donors (Lipinski definition) is 0. The molecule has 0 spiro atoms. The molecule has 6 heteroatoms. The van der Waals surface area contributed by atoms with Gasteiger partial charge < -0.3 is 0 Å². The van der Waals surface area contributed by atoms with Crippen LogP contribution in [0.4, 0.5) is 0 Å². The Morgan fingerprint density at radius 3 is 1.67 bits per heavy atom. The summed E-state index contributed by atoms with van der Waals surface area (Å²) in [4.78, 5) is 0. The molecular formula is C21H18N6. The van der Waals surface area contributed by atoms with Crippen molar-refractivity contribution < 1.29 is 0 Å². The normalized spacial score (nSPS) is 12.1. The summed E-state index contributed by atoms with van der Waals surface area (Å²) in [6.45, 7) is 4.18. The predicted molar refractivity (Wildman–Crippen MR) is 104 cm³/mol. The van der Waals surface area contributed by atoms with Crippen molar-refractivity contribution in [2.75, 3.05) is 0 Å². The van der Waals surface area contributed by atoms with Crippen molar-refractivity contribution in [3.8, 4) is 0 Å². The number of rotatable bonds is 3. The van der Waals surface area contributed by atoms with Gasteiger partial charge in [-0.05, 0) is 38.1 Å². The van der Waals surface area contributed by atoms with Crippen LogP contribution in [0.25, 0.3) is 22.1 Å². The zero-order chi connectivity index (χ0) is 18.4. The number of para-hydroxylation sites is 2. The SMILES string of the molecule is Cc1ccc(C(C)(n2nnc3ccccc32)n2nnc3ccccc32)cc1. The molecule has 2 aromatic heterocycles. The molecule has 0 N–H and O–H groups in total. The molecule has 5 rings (SSSR count). The lowest BCUT2D eigenvalue weighted by Crippen LogP contribution is -2.41. The molecule has 0 amide bonds. The fourth-order valence-corrected chi connectivity index (χ4v) is 3.58. The van der Waals surface area contributed by atoms with Gasteiger partial charge >= 0.3 is 0 Å². The lowest BCUT2D eigenvalue weighted by atomic mass is 9.99. The fourth-order valence-electron chi connectivity index (χ4n) is 3.58. The Kier molecular flexibility index (Phi) is 3.33. The summed E-state index contributed by atoms with van der Waals surface area (Å²) in [5.74, 6) is 0. The zero-order valence-corrected chi connectivity index (χ0v) is 15.1. The molecule has 0 atom stereocenters. The molecule has 132 valence electrons. The van der Waals surface area contributed by atoms with E-state index >= 15 is 0 Å². The van der Waals surface area contributed by atoms with Crippen molar-refractivity contribution >= 4 is 22.1 Å². The highest BCUT2D eigenvalue weighted by Crippen LogP contribution is 2.32. The lowest BCUT2D eigenvalue weighted by Gasteiger charge is -2.31. The molecule has 6 nitrogen and oxygen atoms in total. The summed E-state index contributed by atoms with van der Waals surface area (Å²) in [5.41, 5.74) is 5.12. The molecule has 0 radical (unpaired) electrons. The summed E-state index contributed by atoms with van der Waals surface area (Å²) in [6, 6.07) is 24.4. The second-order valence-electron chi connectivity index (χ2n) is 6.87. The summed E-state index contributed by atoms with van der Waals surface area (Å²) >= 11 is 0. The van der Waals surface area contributed by atoms with E-state index in [0.29, 0.717) is 0 Å². The van der Waals surface area contributed by atoms with Crippen LogP contribution in [-0.2, 0) is 5.66 Å². The van der Waals surface area contributed by atoms with E-state index < -0.39 is 5.66 Å². The van der Waals surface area contributed by atoms with Crippen molar-refractivity contribution in [2.24, 2.45) is 0 Å². The number of benzene rings is 3. The molecule has 3 aromatic carbocycles. The Balaban J connectivity index is 1.87. The van der Waals surface area contributed by atoms with Gasteiger partial charge in [-0.1, -0.05) is 64.5 Å². The number of fused-ring (bicyclic) bond motifs is 2. The molecule has 0 saturated heterocycles. The van der Waals surface area contributed by atoms with Crippen LogP contribution in [0.2, 0.25) is 0 Å². The first-order chi connectivity index (χ1) is 13.2. The van der Waals surface area contributed by atoms with Gasteiger partial charge in [-0.2, -0.15) is 0 Å². The number of nitrogens with zero attached hydrogens (tertiary/aromatic N) is 6. The molecule has 0 aliphatic rings. The van der Waals surface area contributed by atoms with Gasteiger partial charge in [0, 0.05) is 5.56 Å². The van der Waals surface area contributed by atoms with Crippen molar-refractivity contribution in [3.05, 3.63) is 83.9 Å². The van der Waals surface area contributed by atoms with Gasteiger partial charge in [0.1, 0.15) is 11.0 Å². The molecule has 2 heterocycles. The van der Waals surface area contributed by atoms with E-state index in [2.05, 4.69) is 58.7 Å². The topological polar surface area (TPSA) is 61.4 Å². The maximum Gasteiger partial charge on any atom is 0.181 e. The minimum atomic E-state index is -0.722. The molecule has 0 aliphatic carbocycles. The highest BCUT2D eigenvalue weighted by Gasteiger charge is 2.36. The first-order valence-corrected chi connectivity index (χ1v) is 8.87. The van der Waals surface area contributed by atoms with Crippen LogP contribution in [0.5, 0.6) is 0 Å². The van der Waals surface area contributed by atoms with Gasteiger partial charge in [-0.25, -0.2) is 9.36 Å². The van der Waals surface area contributed by atoms with E-state index in [4.69, 9.17) is 0 Å². The Hall–Kier alpha value is -3.54. The quantitative estimate of drug-likeness (QED) is 0.495. The van der Waals surface area contributed by atoms with Crippen LogP contribution >= 0.6 is 0 Å². The summed E-state index contributed by atoms with van der Waals surface area (Å²) < 4.78 is 3.85. The van der Waals surface area contributed by atoms with E-state index in [0.717, 1.165) is 27.6 Å². The monoisotopic (exact) mass is 354 g/mol. The predicted octanol–water partition coefficient (Wildman–Crippen LogP) is 3.75. The van der Waals surface area contributed by atoms with Gasteiger partial charge in [0.15, 0.2) is 5.66 Å². The smallest absolute Gasteiger partial charge is 0.181 e. The molecule has 0 fully saturated rings. The molecule has 0 unspecified atom stereocenters. The number of aromatic nitrogens is 6. The van der Waals surface area contributed by atoms with Crippen molar-refractivity contribution in [1.82, 2.24) is 30.0 Å². The average molecular weight is 354 g/mol. The standard InChI is InChI=1S/C21H18N6/c1-15-11-13-16(14-12-15)21(2,26-19-9-5-3-7-17(19)22-24-26)27-20-10-6-4-8-18(20)23-25-27/h3-14H,1-2H3. The van der Waals surface area contributed by atoms with E-state index in [1.165, 1.54) is 5.56 Å². The van der Waals surface area contributed by atoms with E-state index in [-0.39, 0.29) is 0 Å². The maximum absolute atomic E-state index is 4.51. The minimum absolute atomic E-state index is 0.722. The van der Waals surface area contributed by atoms with Crippen LogP contribution < -0.4 is 0 Å². The van der Waals surface area contributed by atoms with Crippen LogP contribution in [0.1, 0.15) is 18.1 Å². The largest absolute Gasteiger partial charge is 0.213 e. The Morgan fingerprint density at radius 1 is 0.667 bits per heavy atom. The lowest BCUT2D eigenvalue weighted by molar-refractivity contribution is 0.272. The van der Waals surface area contributed by atoms with Gasteiger partial charge in [0.2, 0.25) is 0 Å². The third-order valence-electron chi connectivity index (χ3n) is 5.13. The molecule has 0 saturated carbocycles. The zero-order valence-electron chi connectivity index (χ0n) is 15.1. The van der Waals surface area contributed by atoms with Crippen LogP contribution in [0, 0.1) is 6.92 Å². The van der Waals surface area contributed by atoms with Crippen LogP contribution in [0.3, 0.4) is 0 Å². The third-order valence-corrected chi connectivity index (χ3v) is 5.13. The summed E-state index contributed by atoms with van der Waals surface area (Å²) in [7, 11) is 0.